The first-order valence-corrected chi connectivity index (χ1v) is 10.3. The fraction of sp³-hybridized carbons (Fsp3) is 0.529. The zero-order valence-electron chi connectivity index (χ0n) is 15.4. The van der Waals surface area contributed by atoms with E-state index in [0.29, 0.717) is 37.4 Å². The van der Waals surface area contributed by atoms with Crippen LogP contribution in [0.5, 0.6) is 0 Å². The van der Waals surface area contributed by atoms with Gasteiger partial charge in [0.1, 0.15) is 16.3 Å². The minimum absolute atomic E-state index is 0.0455. The molecule has 3 rings (SSSR count). The number of H-pyrrole nitrogens is 1. The summed E-state index contributed by atoms with van der Waals surface area (Å²) >= 11 is 0. The number of hydrogen-bond donors (Lipinski definition) is 2. The molecule has 0 aromatic carbocycles. The van der Waals surface area contributed by atoms with Gasteiger partial charge >= 0.3 is 0 Å². The molecule has 0 radical (unpaired) electrons. The Labute approximate surface area is 158 Å². The van der Waals surface area contributed by atoms with Crippen LogP contribution in [0.25, 0.3) is 11.5 Å². The van der Waals surface area contributed by atoms with Gasteiger partial charge in [-0.3, -0.25) is 9.89 Å². The zero-order valence-corrected chi connectivity index (χ0v) is 16.3. The van der Waals surface area contributed by atoms with E-state index < -0.39 is 10.0 Å². The van der Waals surface area contributed by atoms with Crippen molar-refractivity contribution in [1.82, 2.24) is 19.8 Å². The van der Waals surface area contributed by atoms with Crippen molar-refractivity contribution in [3.05, 3.63) is 23.6 Å². The Morgan fingerprint density at radius 2 is 2.15 bits per heavy atom. The molecule has 2 aromatic heterocycles. The van der Waals surface area contributed by atoms with E-state index in [1.165, 1.54) is 12.3 Å². The first kappa shape index (κ1) is 19.6. The van der Waals surface area contributed by atoms with Crippen LogP contribution in [0.4, 0.5) is 0 Å². The summed E-state index contributed by atoms with van der Waals surface area (Å²) < 4.78 is 38.1. The van der Waals surface area contributed by atoms with Crippen molar-refractivity contribution in [2.24, 2.45) is 0 Å². The Morgan fingerprint density at radius 1 is 1.41 bits per heavy atom. The number of likely N-dealkylation sites (tertiary alicyclic amines) is 1. The van der Waals surface area contributed by atoms with E-state index in [-0.39, 0.29) is 28.9 Å². The summed E-state index contributed by atoms with van der Waals surface area (Å²) in [5.41, 5.74) is 0.762. The molecule has 2 N–H and O–H groups in total. The first-order valence-electron chi connectivity index (χ1n) is 8.86. The Balaban J connectivity index is 1.83. The Morgan fingerprint density at radius 3 is 2.85 bits per heavy atom. The minimum atomic E-state index is -3.72. The number of carbonyl (C=O) groups is 1. The van der Waals surface area contributed by atoms with Crippen LogP contribution in [-0.4, -0.2) is 62.8 Å². The largest absolute Gasteiger partial charge is 0.458 e. The van der Waals surface area contributed by atoms with Crippen LogP contribution >= 0.6 is 0 Å². The number of hydrogen-bond acceptors (Lipinski definition) is 6. The van der Waals surface area contributed by atoms with Crippen LogP contribution in [0.15, 0.2) is 21.6 Å². The van der Waals surface area contributed by atoms with Crippen molar-refractivity contribution in [3.63, 3.8) is 0 Å². The number of ether oxygens (including phenoxy) is 1. The van der Waals surface area contributed by atoms with Gasteiger partial charge in [-0.25, -0.2) is 13.1 Å². The summed E-state index contributed by atoms with van der Waals surface area (Å²) in [7, 11) is -2.16. The summed E-state index contributed by atoms with van der Waals surface area (Å²) in [6.07, 6.45) is 3.98. The molecular weight excluding hydrogens is 372 g/mol. The quantitative estimate of drug-likeness (QED) is 0.654. The van der Waals surface area contributed by atoms with Gasteiger partial charge in [0, 0.05) is 39.4 Å². The Bertz CT molecular complexity index is 896. The third-order valence-electron chi connectivity index (χ3n) is 4.49. The van der Waals surface area contributed by atoms with Crippen molar-refractivity contribution in [2.75, 3.05) is 33.4 Å². The summed E-state index contributed by atoms with van der Waals surface area (Å²) in [6.45, 7) is 3.73. The molecule has 1 aliphatic heterocycles. The summed E-state index contributed by atoms with van der Waals surface area (Å²) in [5, 5.41) is 6.71. The fourth-order valence-corrected chi connectivity index (χ4v) is 4.33. The summed E-state index contributed by atoms with van der Waals surface area (Å²) in [5.74, 6) is 0.385. The number of aryl methyl sites for hydroxylation is 1. The lowest BCUT2D eigenvalue weighted by atomic mass is 10.2. The second kappa shape index (κ2) is 8.24. The molecule has 0 bridgehead atoms. The first-order chi connectivity index (χ1) is 12.9. The van der Waals surface area contributed by atoms with E-state index >= 15 is 0 Å². The topological polar surface area (TPSA) is 118 Å². The molecule has 3 heterocycles. The standard InChI is InChI=1S/C17H24N4O5S/c1-12-15(27(23,24)19-6-5-9-25-2)10-14(26-12)16-13(11-18-20-16)17(22)21-7-3-4-8-21/h10-11,19H,3-9H2,1-2H3,(H,18,20). The van der Waals surface area contributed by atoms with Crippen LogP contribution in [0.2, 0.25) is 0 Å². The summed E-state index contributed by atoms with van der Waals surface area (Å²) in [6, 6.07) is 1.42. The molecule has 148 valence electrons. The van der Waals surface area contributed by atoms with Crippen LogP contribution in [0.1, 0.15) is 35.4 Å². The van der Waals surface area contributed by atoms with Gasteiger partial charge in [0.2, 0.25) is 10.0 Å². The highest BCUT2D eigenvalue weighted by atomic mass is 32.2. The Hall–Kier alpha value is -2.17. The summed E-state index contributed by atoms with van der Waals surface area (Å²) in [4.78, 5) is 14.5. The van der Waals surface area contributed by atoms with Gasteiger partial charge < -0.3 is 14.1 Å². The van der Waals surface area contributed by atoms with Crippen molar-refractivity contribution in [3.8, 4) is 11.5 Å². The van der Waals surface area contributed by atoms with E-state index in [2.05, 4.69) is 14.9 Å². The van der Waals surface area contributed by atoms with Crippen molar-refractivity contribution in [1.29, 1.82) is 0 Å². The highest BCUT2D eigenvalue weighted by Gasteiger charge is 2.27. The monoisotopic (exact) mass is 396 g/mol. The number of sulfonamides is 1. The smallest absolute Gasteiger partial charge is 0.257 e. The van der Waals surface area contributed by atoms with E-state index in [4.69, 9.17) is 9.15 Å². The van der Waals surface area contributed by atoms with Crippen LogP contribution in [0.3, 0.4) is 0 Å². The maximum Gasteiger partial charge on any atom is 0.257 e. The lowest BCUT2D eigenvalue weighted by Gasteiger charge is -2.14. The number of methoxy groups -OCH3 is 1. The van der Waals surface area contributed by atoms with Crippen molar-refractivity contribution in [2.45, 2.75) is 31.1 Å². The van der Waals surface area contributed by atoms with Gasteiger partial charge in [-0.05, 0) is 26.2 Å². The molecule has 9 nitrogen and oxygen atoms in total. The number of furan rings is 1. The van der Waals surface area contributed by atoms with Gasteiger partial charge in [-0.15, -0.1) is 0 Å². The predicted octanol–water partition coefficient (Wildman–Crippen LogP) is 1.53. The van der Waals surface area contributed by atoms with Crippen LogP contribution in [0, 0.1) is 6.92 Å². The second-order valence-electron chi connectivity index (χ2n) is 6.43. The number of nitrogens with zero attached hydrogens (tertiary/aromatic N) is 2. The average molecular weight is 396 g/mol. The predicted molar refractivity (Wildman–Crippen MR) is 97.8 cm³/mol. The minimum Gasteiger partial charge on any atom is -0.458 e. The lowest BCUT2D eigenvalue weighted by molar-refractivity contribution is 0.0793. The number of carbonyl (C=O) groups excluding carboxylic acids is 1. The highest BCUT2D eigenvalue weighted by molar-refractivity contribution is 7.89. The number of aromatic nitrogens is 2. The average Bonchev–Trinajstić information content (AvgIpc) is 3.37. The maximum absolute atomic E-state index is 12.7. The molecule has 0 unspecified atom stereocenters. The molecule has 0 saturated carbocycles. The SMILES string of the molecule is COCCCNS(=O)(=O)c1cc(-c2[nH]ncc2C(=O)N2CCCC2)oc1C. The van der Waals surface area contributed by atoms with Crippen LogP contribution < -0.4 is 4.72 Å². The van der Waals surface area contributed by atoms with E-state index in [1.807, 2.05) is 0 Å². The second-order valence-corrected chi connectivity index (χ2v) is 8.17. The third-order valence-corrected chi connectivity index (χ3v) is 6.06. The number of rotatable bonds is 8. The van der Waals surface area contributed by atoms with Crippen molar-refractivity contribution < 1.29 is 22.4 Å². The highest BCUT2D eigenvalue weighted by Crippen LogP contribution is 2.30. The van der Waals surface area contributed by atoms with E-state index in [1.54, 1.807) is 18.9 Å². The molecule has 0 aliphatic carbocycles. The zero-order chi connectivity index (χ0) is 19.4. The molecular formula is C17H24N4O5S. The van der Waals surface area contributed by atoms with Gasteiger partial charge in [-0.1, -0.05) is 0 Å². The van der Waals surface area contributed by atoms with Gasteiger partial charge in [-0.2, -0.15) is 5.10 Å². The van der Waals surface area contributed by atoms with Gasteiger partial charge in [0.25, 0.3) is 5.91 Å². The molecule has 1 amide bonds. The molecule has 1 aliphatic rings. The number of nitrogens with one attached hydrogen (secondary N) is 2. The number of amides is 1. The third kappa shape index (κ3) is 4.23. The molecule has 1 fully saturated rings. The van der Waals surface area contributed by atoms with Crippen molar-refractivity contribution >= 4 is 15.9 Å². The molecule has 1 saturated heterocycles. The van der Waals surface area contributed by atoms with Gasteiger partial charge in [0.05, 0.1) is 11.8 Å². The molecule has 10 heteroatoms. The molecule has 0 atom stereocenters. The normalized spacial score (nSPS) is 14.8. The van der Waals surface area contributed by atoms with Gasteiger partial charge in [0.15, 0.2) is 5.76 Å². The van der Waals surface area contributed by atoms with E-state index in [0.717, 1.165) is 12.8 Å². The maximum atomic E-state index is 12.7. The number of aromatic amines is 1. The Kier molecular flexibility index (Phi) is 5.98. The lowest BCUT2D eigenvalue weighted by Crippen LogP contribution is -2.27. The van der Waals surface area contributed by atoms with E-state index in [9.17, 15) is 13.2 Å². The van der Waals surface area contributed by atoms with Crippen LogP contribution in [-0.2, 0) is 14.8 Å². The molecule has 27 heavy (non-hydrogen) atoms. The molecule has 0 spiro atoms. The fourth-order valence-electron chi connectivity index (χ4n) is 3.08. The molecule has 2 aromatic rings.